The first-order valence-electron chi connectivity index (χ1n) is 9.15. The molecule has 3 rings (SSSR count). The number of hydrogen-bond donors (Lipinski definition) is 1. The Morgan fingerprint density at radius 3 is 2.07 bits per heavy atom. The molecule has 2 aromatic rings. The highest BCUT2D eigenvalue weighted by Crippen LogP contribution is 2.44. The Morgan fingerprint density at radius 1 is 1.00 bits per heavy atom. The number of fused-ring (bicyclic) bond motifs is 3. The van der Waals surface area contributed by atoms with E-state index in [0.717, 1.165) is 22.3 Å². The molecule has 0 heterocycles. The van der Waals surface area contributed by atoms with E-state index in [-0.39, 0.29) is 24.5 Å². The van der Waals surface area contributed by atoms with Crippen molar-refractivity contribution in [2.75, 3.05) is 7.11 Å². The Bertz CT molecular complexity index is 829. The lowest BCUT2D eigenvalue weighted by Crippen LogP contribution is -2.43. The largest absolute Gasteiger partial charge is 0.467 e. The van der Waals surface area contributed by atoms with Crippen molar-refractivity contribution in [1.29, 1.82) is 0 Å². The van der Waals surface area contributed by atoms with Gasteiger partial charge in [0.05, 0.1) is 13.0 Å². The average molecular weight is 365 g/mol. The summed E-state index contributed by atoms with van der Waals surface area (Å²) in [5, 5.41) is 2.81. The second kappa shape index (κ2) is 8.16. The zero-order valence-electron chi connectivity index (χ0n) is 15.5. The fourth-order valence-electron chi connectivity index (χ4n) is 3.57. The molecule has 0 aromatic heterocycles. The summed E-state index contributed by atoms with van der Waals surface area (Å²) < 4.78 is 4.82. The predicted octanol–water partition coefficient (Wildman–Crippen LogP) is 3.22. The van der Waals surface area contributed by atoms with Crippen LogP contribution in [0.3, 0.4) is 0 Å². The number of amides is 1. The Hall–Kier alpha value is -2.95. The summed E-state index contributed by atoms with van der Waals surface area (Å²) in [5.41, 5.74) is 3.90. The normalized spacial score (nSPS) is 13.4. The first-order chi connectivity index (χ1) is 13.1. The summed E-state index contributed by atoms with van der Waals surface area (Å²) in [7, 11) is 1.28. The molecule has 1 atom stereocenters. The van der Waals surface area contributed by atoms with Gasteiger partial charge in [0.2, 0.25) is 5.91 Å². The first-order valence-corrected chi connectivity index (χ1v) is 9.15. The number of esters is 1. The van der Waals surface area contributed by atoms with Gasteiger partial charge in [0.25, 0.3) is 0 Å². The number of Topliss-reactive ketones (excluding diaryl/α,β-unsaturated/α-hetero) is 1. The van der Waals surface area contributed by atoms with E-state index >= 15 is 0 Å². The third-order valence-electron chi connectivity index (χ3n) is 5.00. The molecule has 0 unspecified atom stereocenters. The third-order valence-corrected chi connectivity index (χ3v) is 5.00. The van der Waals surface area contributed by atoms with Gasteiger partial charge < -0.3 is 10.1 Å². The fourth-order valence-corrected chi connectivity index (χ4v) is 3.57. The number of benzene rings is 2. The number of rotatable bonds is 7. The molecule has 1 aliphatic carbocycles. The molecule has 1 amide bonds. The lowest BCUT2D eigenvalue weighted by molar-refractivity contribution is -0.145. The Kier molecular flexibility index (Phi) is 5.69. The van der Waals surface area contributed by atoms with Gasteiger partial charge >= 0.3 is 5.97 Å². The number of nitrogens with one attached hydrogen (secondary N) is 1. The first kappa shape index (κ1) is 18.8. The summed E-state index contributed by atoms with van der Waals surface area (Å²) >= 11 is 0. The van der Waals surface area contributed by atoms with Gasteiger partial charge in [-0.1, -0.05) is 55.5 Å². The number of carbonyl (C=O) groups is 3. The van der Waals surface area contributed by atoms with Crippen molar-refractivity contribution in [1.82, 2.24) is 5.32 Å². The number of ketones is 1. The van der Waals surface area contributed by atoms with Gasteiger partial charge in [0.15, 0.2) is 0 Å². The monoisotopic (exact) mass is 365 g/mol. The maximum absolute atomic E-state index is 13.1. The van der Waals surface area contributed by atoms with E-state index in [4.69, 9.17) is 4.74 Å². The van der Waals surface area contributed by atoms with Crippen LogP contribution in [-0.2, 0) is 19.1 Å². The highest BCUT2D eigenvalue weighted by molar-refractivity contribution is 5.98. The lowest BCUT2D eigenvalue weighted by Gasteiger charge is -2.20. The van der Waals surface area contributed by atoms with E-state index in [1.165, 1.54) is 7.11 Å². The van der Waals surface area contributed by atoms with Gasteiger partial charge in [0, 0.05) is 12.8 Å². The molecule has 0 spiro atoms. The minimum Gasteiger partial charge on any atom is -0.467 e. The van der Waals surface area contributed by atoms with Crippen molar-refractivity contribution in [3.63, 3.8) is 0 Å². The smallest absolute Gasteiger partial charge is 0.328 e. The Labute approximate surface area is 158 Å². The zero-order valence-corrected chi connectivity index (χ0v) is 15.5. The van der Waals surface area contributed by atoms with Crippen LogP contribution in [0.2, 0.25) is 0 Å². The predicted molar refractivity (Wildman–Crippen MR) is 102 cm³/mol. The molecule has 140 valence electrons. The maximum Gasteiger partial charge on any atom is 0.328 e. The quantitative estimate of drug-likeness (QED) is 0.765. The molecular formula is C22H23NO4. The summed E-state index contributed by atoms with van der Waals surface area (Å²) in [6.45, 7) is 1.78. The molecule has 0 aliphatic heterocycles. The van der Waals surface area contributed by atoms with Crippen molar-refractivity contribution in [3.8, 4) is 11.1 Å². The van der Waals surface area contributed by atoms with Gasteiger partial charge in [-0.15, -0.1) is 0 Å². The molecule has 0 bridgehead atoms. The van der Waals surface area contributed by atoms with E-state index in [1.807, 2.05) is 48.5 Å². The van der Waals surface area contributed by atoms with Crippen molar-refractivity contribution in [2.45, 2.75) is 38.1 Å². The van der Waals surface area contributed by atoms with Crippen molar-refractivity contribution >= 4 is 17.7 Å². The Balaban J connectivity index is 1.86. The van der Waals surface area contributed by atoms with Gasteiger partial charge in [-0.3, -0.25) is 9.59 Å². The van der Waals surface area contributed by atoms with Crippen LogP contribution in [0.25, 0.3) is 11.1 Å². The molecule has 1 aliphatic rings. The topological polar surface area (TPSA) is 72.5 Å². The zero-order chi connectivity index (χ0) is 19.4. The van der Waals surface area contributed by atoms with Crippen molar-refractivity contribution in [2.24, 2.45) is 0 Å². The summed E-state index contributed by atoms with van der Waals surface area (Å²) in [6.07, 6.45) is 0.876. The molecule has 2 aromatic carbocycles. The highest BCUT2D eigenvalue weighted by atomic mass is 16.5. The molecular weight excluding hydrogens is 342 g/mol. The van der Waals surface area contributed by atoms with Crippen LogP contribution < -0.4 is 5.32 Å². The second-order valence-electron chi connectivity index (χ2n) is 6.62. The minimum atomic E-state index is -0.835. The van der Waals surface area contributed by atoms with Crippen molar-refractivity contribution in [3.05, 3.63) is 59.7 Å². The minimum absolute atomic E-state index is 0.0507. The van der Waals surface area contributed by atoms with Crippen LogP contribution in [0.4, 0.5) is 0 Å². The molecule has 0 fully saturated rings. The van der Waals surface area contributed by atoms with E-state index in [1.54, 1.807) is 6.92 Å². The van der Waals surface area contributed by atoms with E-state index < -0.39 is 17.9 Å². The molecule has 0 saturated heterocycles. The SMILES string of the molecule is CCC(=O)CC[C@@H](NC(=O)C1c2ccccc2-c2ccccc21)C(=O)OC. The number of ether oxygens (including phenoxy) is 1. The molecule has 5 heteroatoms. The third kappa shape index (κ3) is 3.77. The van der Waals surface area contributed by atoms with Gasteiger partial charge in [0.1, 0.15) is 11.8 Å². The number of methoxy groups -OCH3 is 1. The lowest BCUT2D eigenvalue weighted by atomic mass is 9.95. The van der Waals surface area contributed by atoms with Crippen LogP contribution in [0.15, 0.2) is 48.5 Å². The van der Waals surface area contributed by atoms with Crippen LogP contribution in [0.1, 0.15) is 43.2 Å². The van der Waals surface area contributed by atoms with Crippen LogP contribution in [0, 0.1) is 0 Å². The van der Waals surface area contributed by atoms with E-state index in [2.05, 4.69) is 5.32 Å². The number of hydrogen-bond acceptors (Lipinski definition) is 4. The van der Waals surface area contributed by atoms with E-state index in [0.29, 0.717) is 6.42 Å². The second-order valence-corrected chi connectivity index (χ2v) is 6.62. The maximum atomic E-state index is 13.1. The molecule has 1 N–H and O–H groups in total. The van der Waals surface area contributed by atoms with E-state index in [9.17, 15) is 14.4 Å². The van der Waals surface area contributed by atoms with Crippen molar-refractivity contribution < 1.29 is 19.1 Å². The molecule has 5 nitrogen and oxygen atoms in total. The van der Waals surface area contributed by atoms with Crippen LogP contribution in [0.5, 0.6) is 0 Å². The molecule has 27 heavy (non-hydrogen) atoms. The summed E-state index contributed by atoms with van der Waals surface area (Å²) in [5.74, 6) is -1.22. The van der Waals surface area contributed by atoms with Crippen LogP contribution in [-0.4, -0.2) is 30.8 Å². The van der Waals surface area contributed by atoms with Gasteiger partial charge in [-0.2, -0.15) is 0 Å². The van der Waals surface area contributed by atoms with Gasteiger partial charge in [-0.05, 0) is 28.7 Å². The van der Waals surface area contributed by atoms with Gasteiger partial charge in [-0.25, -0.2) is 4.79 Å². The number of carbonyl (C=O) groups excluding carboxylic acids is 3. The Morgan fingerprint density at radius 2 is 1.56 bits per heavy atom. The average Bonchev–Trinajstić information content (AvgIpc) is 3.04. The molecule has 0 saturated carbocycles. The van der Waals surface area contributed by atoms with Crippen LogP contribution >= 0.6 is 0 Å². The summed E-state index contributed by atoms with van der Waals surface area (Å²) in [6, 6.07) is 14.7. The highest BCUT2D eigenvalue weighted by Gasteiger charge is 2.35. The molecule has 0 radical (unpaired) electrons. The standard InChI is InChI=1S/C22H23NO4/c1-3-14(24)12-13-19(22(26)27-2)23-21(25)20-17-10-6-4-8-15(17)16-9-5-7-11-18(16)20/h4-11,19-20H,3,12-13H2,1-2H3,(H,23,25)/t19-/m1/s1. The summed E-state index contributed by atoms with van der Waals surface area (Å²) in [4.78, 5) is 36.8. The fraction of sp³-hybridized carbons (Fsp3) is 0.318.